The van der Waals surface area contributed by atoms with E-state index in [9.17, 15) is 4.79 Å². The SMILES string of the molecule is Cn1ncc2c(=O)[nH]c(CN3CCN(c4ccccc4)CC3)nc21. The van der Waals surface area contributed by atoms with Gasteiger partial charge in [-0.1, -0.05) is 18.2 Å². The maximum atomic E-state index is 12.1. The van der Waals surface area contributed by atoms with Crippen LogP contribution in [-0.2, 0) is 13.6 Å². The number of aromatic amines is 1. The summed E-state index contributed by atoms with van der Waals surface area (Å²) < 4.78 is 1.64. The van der Waals surface area contributed by atoms with Crippen molar-refractivity contribution in [3.63, 3.8) is 0 Å². The lowest BCUT2D eigenvalue weighted by molar-refractivity contribution is 0.244. The number of benzene rings is 1. The molecule has 0 saturated carbocycles. The lowest BCUT2D eigenvalue weighted by atomic mass is 10.2. The van der Waals surface area contributed by atoms with Crippen molar-refractivity contribution < 1.29 is 0 Å². The van der Waals surface area contributed by atoms with Crippen molar-refractivity contribution in [2.75, 3.05) is 31.1 Å². The Morgan fingerprint density at radius 1 is 1.12 bits per heavy atom. The van der Waals surface area contributed by atoms with E-state index in [0.717, 1.165) is 26.2 Å². The predicted molar refractivity (Wildman–Crippen MR) is 93.1 cm³/mol. The van der Waals surface area contributed by atoms with Crippen molar-refractivity contribution in [2.24, 2.45) is 7.05 Å². The first-order valence-electron chi connectivity index (χ1n) is 8.14. The van der Waals surface area contributed by atoms with Crippen LogP contribution in [-0.4, -0.2) is 50.8 Å². The van der Waals surface area contributed by atoms with Crippen molar-refractivity contribution in [1.82, 2.24) is 24.6 Å². The summed E-state index contributed by atoms with van der Waals surface area (Å²) in [5.74, 6) is 0.698. The molecule has 0 amide bonds. The van der Waals surface area contributed by atoms with Gasteiger partial charge in [0.2, 0.25) is 0 Å². The standard InChI is InChI=1S/C17H20N6O/c1-21-16-14(11-18-21)17(24)20-15(19-16)12-22-7-9-23(10-8-22)13-5-3-2-4-6-13/h2-6,11H,7-10,12H2,1H3,(H,19,20,24). The fraction of sp³-hybridized carbons (Fsp3) is 0.353. The molecule has 0 aliphatic carbocycles. The summed E-state index contributed by atoms with van der Waals surface area (Å²) in [5.41, 5.74) is 1.78. The van der Waals surface area contributed by atoms with Gasteiger partial charge in [-0.25, -0.2) is 4.98 Å². The number of anilines is 1. The van der Waals surface area contributed by atoms with Crippen LogP contribution in [0.15, 0.2) is 41.3 Å². The molecule has 3 heterocycles. The van der Waals surface area contributed by atoms with Gasteiger partial charge in [0.05, 0.1) is 12.7 Å². The lowest BCUT2D eigenvalue weighted by Gasteiger charge is -2.35. The number of aromatic nitrogens is 4. The Morgan fingerprint density at radius 3 is 2.62 bits per heavy atom. The average Bonchev–Trinajstić information content (AvgIpc) is 2.98. The molecule has 0 radical (unpaired) electrons. The minimum atomic E-state index is -0.119. The number of hydrogen-bond donors (Lipinski definition) is 1. The van der Waals surface area contributed by atoms with Crippen LogP contribution in [0, 0.1) is 0 Å². The molecule has 1 fully saturated rings. The molecule has 7 nitrogen and oxygen atoms in total. The van der Waals surface area contributed by atoms with Gasteiger partial charge in [-0.05, 0) is 12.1 Å². The van der Waals surface area contributed by atoms with E-state index >= 15 is 0 Å². The van der Waals surface area contributed by atoms with Crippen molar-refractivity contribution in [3.05, 3.63) is 52.7 Å². The number of H-pyrrole nitrogens is 1. The molecule has 1 aliphatic heterocycles. The van der Waals surface area contributed by atoms with Gasteiger partial charge in [0.25, 0.3) is 5.56 Å². The van der Waals surface area contributed by atoms with Gasteiger partial charge in [0.15, 0.2) is 5.65 Å². The maximum absolute atomic E-state index is 12.1. The Kier molecular flexibility index (Phi) is 3.78. The Labute approximate surface area is 139 Å². The van der Waals surface area contributed by atoms with Crippen molar-refractivity contribution in [3.8, 4) is 0 Å². The Balaban J connectivity index is 1.46. The van der Waals surface area contributed by atoms with E-state index in [1.165, 1.54) is 5.69 Å². The molecule has 1 saturated heterocycles. The molecule has 2 aromatic heterocycles. The van der Waals surface area contributed by atoms with Crippen LogP contribution in [0.4, 0.5) is 5.69 Å². The third-order valence-corrected chi connectivity index (χ3v) is 4.52. The van der Waals surface area contributed by atoms with E-state index in [2.05, 4.69) is 49.1 Å². The third kappa shape index (κ3) is 2.78. The highest BCUT2D eigenvalue weighted by atomic mass is 16.1. The number of hydrogen-bond acceptors (Lipinski definition) is 5. The average molecular weight is 324 g/mol. The Morgan fingerprint density at radius 2 is 1.88 bits per heavy atom. The molecule has 124 valence electrons. The monoisotopic (exact) mass is 324 g/mol. The van der Waals surface area contributed by atoms with E-state index in [1.54, 1.807) is 17.9 Å². The molecule has 24 heavy (non-hydrogen) atoms. The first-order chi connectivity index (χ1) is 11.7. The van der Waals surface area contributed by atoms with Gasteiger partial charge in [0, 0.05) is 38.9 Å². The minimum absolute atomic E-state index is 0.119. The number of piperazine rings is 1. The second-order valence-electron chi connectivity index (χ2n) is 6.12. The van der Waals surface area contributed by atoms with E-state index in [-0.39, 0.29) is 5.56 Å². The number of nitrogens with one attached hydrogen (secondary N) is 1. The van der Waals surface area contributed by atoms with Gasteiger partial charge >= 0.3 is 0 Å². The maximum Gasteiger partial charge on any atom is 0.262 e. The summed E-state index contributed by atoms with van der Waals surface area (Å²) in [6.07, 6.45) is 1.56. The number of para-hydroxylation sites is 1. The number of nitrogens with zero attached hydrogens (tertiary/aromatic N) is 5. The van der Waals surface area contributed by atoms with E-state index in [4.69, 9.17) is 0 Å². The number of fused-ring (bicyclic) bond motifs is 1. The Bertz CT molecular complexity index is 892. The quantitative estimate of drug-likeness (QED) is 0.778. The topological polar surface area (TPSA) is 70.1 Å². The van der Waals surface area contributed by atoms with Crippen molar-refractivity contribution >= 4 is 16.7 Å². The highest BCUT2D eigenvalue weighted by molar-refractivity contribution is 5.72. The van der Waals surface area contributed by atoms with Gasteiger partial charge in [-0.3, -0.25) is 14.4 Å². The third-order valence-electron chi connectivity index (χ3n) is 4.52. The smallest absolute Gasteiger partial charge is 0.262 e. The van der Waals surface area contributed by atoms with E-state index < -0.39 is 0 Å². The molecular formula is C17H20N6O. The van der Waals surface area contributed by atoms with Crippen LogP contribution in [0.25, 0.3) is 11.0 Å². The van der Waals surface area contributed by atoms with Crippen LogP contribution < -0.4 is 10.5 Å². The van der Waals surface area contributed by atoms with Gasteiger partial charge in [-0.15, -0.1) is 0 Å². The summed E-state index contributed by atoms with van der Waals surface area (Å²) in [5, 5.41) is 4.64. The highest BCUT2D eigenvalue weighted by Crippen LogP contribution is 2.16. The second kappa shape index (κ2) is 6.09. The zero-order valence-corrected chi connectivity index (χ0v) is 13.6. The van der Waals surface area contributed by atoms with Crippen LogP contribution in [0.3, 0.4) is 0 Å². The molecule has 7 heteroatoms. The molecule has 1 aromatic carbocycles. The molecule has 3 aromatic rings. The molecule has 1 aliphatic rings. The summed E-state index contributed by atoms with van der Waals surface area (Å²) in [7, 11) is 1.80. The molecule has 1 N–H and O–H groups in total. The van der Waals surface area contributed by atoms with Crippen molar-refractivity contribution in [1.29, 1.82) is 0 Å². The van der Waals surface area contributed by atoms with Crippen LogP contribution in [0.1, 0.15) is 5.82 Å². The van der Waals surface area contributed by atoms with Crippen molar-refractivity contribution in [2.45, 2.75) is 6.54 Å². The van der Waals surface area contributed by atoms with Crippen LogP contribution >= 0.6 is 0 Å². The Hall–Kier alpha value is -2.67. The molecular weight excluding hydrogens is 304 g/mol. The summed E-state index contributed by atoms with van der Waals surface area (Å²) >= 11 is 0. The minimum Gasteiger partial charge on any atom is -0.369 e. The summed E-state index contributed by atoms with van der Waals surface area (Å²) in [6, 6.07) is 10.5. The van der Waals surface area contributed by atoms with Crippen LogP contribution in [0.5, 0.6) is 0 Å². The van der Waals surface area contributed by atoms with E-state index in [0.29, 0.717) is 23.4 Å². The first-order valence-corrected chi connectivity index (χ1v) is 8.14. The van der Waals surface area contributed by atoms with Crippen LogP contribution in [0.2, 0.25) is 0 Å². The van der Waals surface area contributed by atoms with Gasteiger partial charge < -0.3 is 9.88 Å². The number of aryl methyl sites for hydroxylation is 1. The zero-order chi connectivity index (χ0) is 16.5. The summed E-state index contributed by atoms with van der Waals surface area (Å²) in [6.45, 7) is 4.49. The van der Waals surface area contributed by atoms with Gasteiger partial charge in [0.1, 0.15) is 11.2 Å². The molecule has 4 rings (SSSR count). The van der Waals surface area contributed by atoms with E-state index in [1.807, 2.05) is 6.07 Å². The molecule has 0 bridgehead atoms. The normalized spacial score (nSPS) is 16.0. The zero-order valence-electron chi connectivity index (χ0n) is 13.6. The highest BCUT2D eigenvalue weighted by Gasteiger charge is 2.18. The largest absolute Gasteiger partial charge is 0.369 e. The summed E-state index contributed by atoms with van der Waals surface area (Å²) in [4.78, 5) is 24.3. The van der Waals surface area contributed by atoms with Gasteiger partial charge in [-0.2, -0.15) is 5.10 Å². The molecule has 0 unspecified atom stereocenters. The second-order valence-corrected chi connectivity index (χ2v) is 6.12. The number of rotatable bonds is 3. The molecule has 0 spiro atoms. The predicted octanol–water partition coefficient (Wildman–Crippen LogP) is 0.979. The first kappa shape index (κ1) is 14.9. The molecule has 0 atom stereocenters. The fourth-order valence-electron chi connectivity index (χ4n) is 3.17. The fourth-order valence-corrected chi connectivity index (χ4v) is 3.17. The lowest BCUT2D eigenvalue weighted by Crippen LogP contribution is -2.46.